The number of benzene rings is 2. The van der Waals surface area contributed by atoms with E-state index >= 15 is 0 Å². The predicted molar refractivity (Wildman–Crippen MR) is 139 cm³/mol. The number of aromatic nitrogens is 3. The van der Waals surface area contributed by atoms with Crippen LogP contribution in [0.4, 0.5) is 5.95 Å². The van der Waals surface area contributed by atoms with Crippen molar-refractivity contribution < 1.29 is 14.3 Å². The fourth-order valence-electron chi connectivity index (χ4n) is 6.86. The first-order valence-electron chi connectivity index (χ1n) is 13.2. The summed E-state index contributed by atoms with van der Waals surface area (Å²) < 4.78 is 12.9. The molecular weight excluding hydrogens is 452 g/mol. The van der Waals surface area contributed by atoms with Gasteiger partial charge in [-0.2, -0.15) is 4.98 Å². The molecular formula is C29H34N4O3. The van der Waals surface area contributed by atoms with Gasteiger partial charge in [-0.05, 0) is 68.1 Å². The van der Waals surface area contributed by atoms with Gasteiger partial charge in [0.25, 0.3) is 5.91 Å². The van der Waals surface area contributed by atoms with Gasteiger partial charge < -0.3 is 9.47 Å². The molecule has 2 aliphatic carbocycles. The van der Waals surface area contributed by atoms with Crippen LogP contribution in [0.2, 0.25) is 0 Å². The second-order valence-electron chi connectivity index (χ2n) is 10.4. The van der Waals surface area contributed by atoms with E-state index in [-0.39, 0.29) is 17.5 Å². The zero-order valence-corrected chi connectivity index (χ0v) is 21.2. The number of nitrogens with zero attached hydrogens (tertiary/aromatic N) is 4. The fourth-order valence-corrected chi connectivity index (χ4v) is 6.86. The van der Waals surface area contributed by atoms with Crippen LogP contribution in [-0.4, -0.2) is 40.9 Å². The highest BCUT2D eigenvalue weighted by molar-refractivity contribution is 6.06. The zero-order valence-electron chi connectivity index (χ0n) is 21.2. The van der Waals surface area contributed by atoms with Gasteiger partial charge in [-0.25, -0.2) is 4.68 Å². The first-order chi connectivity index (χ1) is 17.6. The molecule has 2 heterocycles. The van der Waals surface area contributed by atoms with Crippen LogP contribution < -0.4 is 14.4 Å². The average molecular weight is 487 g/mol. The summed E-state index contributed by atoms with van der Waals surface area (Å²) in [6.45, 7) is 0. The molecule has 1 aliphatic heterocycles. The molecule has 1 spiro atoms. The lowest BCUT2D eigenvalue weighted by Crippen LogP contribution is -2.61. The van der Waals surface area contributed by atoms with Crippen molar-refractivity contribution in [1.29, 1.82) is 0 Å². The van der Waals surface area contributed by atoms with Crippen molar-refractivity contribution in [1.82, 2.24) is 14.8 Å². The number of carbonyl (C=O) groups is 1. The Bertz CT molecular complexity index is 1250. The number of methoxy groups -OCH3 is 2. The molecule has 3 aromatic rings. The van der Waals surface area contributed by atoms with Crippen LogP contribution in [-0.2, 0) is 5.54 Å². The summed E-state index contributed by atoms with van der Waals surface area (Å²) in [5.41, 5.74) is 1.49. The molecule has 2 atom stereocenters. The Morgan fingerprint density at radius 3 is 2.42 bits per heavy atom. The fraction of sp³-hybridized carbons (Fsp3) is 0.483. The van der Waals surface area contributed by atoms with Gasteiger partial charge in [-0.1, -0.05) is 38.2 Å². The first-order valence-corrected chi connectivity index (χ1v) is 13.2. The second kappa shape index (κ2) is 9.26. The molecule has 6 rings (SSSR count). The Morgan fingerprint density at radius 1 is 0.917 bits per heavy atom. The quantitative estimate of drug-likeness (QED) is 0.463. The van der Waals surface area contributed by atoms with Crippen LogP contribution >= 0.6 is 0 Å². The first kappa shape index (κ1) is 23.1. The lowest BCUT2D eigenvalue weighted by Gasteiger charge is -2.55. The summed E-state index contributed by atoms with van der Waals surface area (Å²) in [7, 11) is 3.30. The van der Waals surface area contributed by atoms with E-state index in [0.29, 0.717) is 29.0 Å². The van der Waals surface area contributed by atoms with E-state index in [1.807, 2.05) is 53.4 Å². The van der Waals surface area contributed by atoms with Crippen LogP contribution in [0.15, 0.2) is 48.5 Å². The molecule has 2 saturated carbocycles. The van der Waals surface area contributed by atoms with E-state index in [0.717, 1.165) is 43.4 Å². The Labute approximate surface area is 212 Å². The van der Waals surface area contributed by atoms with Crippen molar-refractivity contribution in [3.8, 4) is 22.9 Å². The van der Waals surface area contributed by atoms with Crippen molar-refractivity contribution in [2.24, 2.45) is 5.92 Å². The topological polar surface area (TPSA) is 69.5 Å². The van der Waals surface area contributed by atoms with Gasteiger partial charge in [0.15, 0.2) is 5.82 Å². The van der Waals surface area contributed by atoms with Crippen LogP contribution in [0.5, 0.6) is 11.5 Å². The number of hydrogen-bond acceptors (Lipinski definition) is 5. The van der Waals surface area contributed by atoms with E-state index < -0.39 is 0 Å². The molecule has 2 fully saturated rings. The highest BCUT2D eigenvalue weighted by atomic mass is 16.5. The number of rotatable bonds is 4. The summed E-state index contributed by atoms with van der Waals surface area (Å²) in [6, 6.07) is 15.5. The normalized spacial score (nSPS) is 22.6. The molecule has 36 heavy (non-hydrogen) atoms. The maximum Gasteiger partial charge on any atom is 0.261 e. The molecule has 0 radical (unpaired) electrons. The van der Waals surface area contributed by atoms with Crippen LogP contribution in [0.1, 0.15) is 68.1 Å². The van der Waals surface area contributed by atoms with Gasteiger partial charge in [0.1, 0.15) is 11.5 Å². The second-order valence-corrected chi connectivity index (χ2v) is 10.4. The number of ether oxygens (including phenoxy) is 2. The molecule has 0 N–H and O–H groups in total. The number of fused-ring (bicyclic) bond motifs is 4. The molecule has 7 heteroatoms. The van der Waals surface area contributed by atoms with Crippen molar-refractivity contribution in [3.05, 3.63) is 54.1 Å². The minimum absolute atomic E-state index is 0.0219. The van der Waals surface area contributed by atoms with E-state index in [4.69, 9.17) is 19.6 Å². The van der Waals surface area contributed by atoms with Crippen LogP contribution in [0, 0.1) is 5.92 Å². The highest BCUT2D eigenvalue weighted by Gasteiger charge is 2.55. The number of hydrogen-bond donors (Lipinski definition) is 0. The molecule has 0 saturated heterocycles. The SMILES string of the molecule is COc1ccc(-c2nc3n(n2)C2(CCCCC2)C2CCCCC2N3C(=O)c2cccc(OC)c2)cc1. The molecule has 7 nitrogen and oxygen atoms in total. The van der Waals surface area contributed by atoms with Crippen molar-refractivity contribution in [2.45, 2.75) is 69.4 Å². The number of amides is 1. The van der Waals surface area contributed by atoms with Gasteiger partial charge in [0.2, 0.25) is 5.95 Å². The minimum atomic E-state index is -0.0679. The third-order valence-corrected chi connectivity index (χ3v) is 8.58. The third kappa shape index (κ3) is 3.67. The van der Waals surface area contributed by atoms with Crippen LogP contribution in [0.25, 0.3) is 11.4 Å². The summed E-state index contributed by atoms with van der Waals surface area (Å²) in [4.78, 5) is 21.2. The summed E-state index contributed by atoms with van der Waals surface area (Å²) in [6.07, 6.45) is 10.4. The van der Waals surface area contributed by atoms with Crippen molar-refractivity contribution in [2.75, 3.05) is 19.1 Å². The maximum atomic E-state index is 14.2. The zero-order chi connectivity index (χ0) is 24.7. The third-order valence-electron chi connectivity index (χ3n) is 8.58. The van der Waals surface area contributed by atoms with Gasteiger partial charge in [0.05, 0.1) is 19.8 Å². The summed E-state index contributed by atoms with van der Waals surface area (Å²) >= 11 is 0. The van der Waals surface area contributed by atoms with Crippen molar-refractivity contribution >= 4 is 11.9 Å². The van der Waals surface area contributed by atoms with E-state index in [1.165, 1.54) is 25.7 Å². The highest BCUT2D eigenvalue weighted by Crippen LogP contribution is 2.53. The van der Waals surface area contributed by atoms with E-state index in [2.05, 4.69) is 4.68 Å². The average Bonchev–Trinajstić information content (AvgIpc) is 3.40. The van der Waals surface area contributed by atoms with Gasteiger partial charge >= 0.3 is 0 Å². The molecule has 3 aliphatic rings. The largest absolute Gasteiger partial charge is 0.497 e. The standard InChI is InChI=1S/C29H34N4O3/c1-35-22-15-13-20(14-16-22)26-30-28-32(27(34)21-9-8-10-23(19-21)36-2)25-12-5-4-11-24(25)29(33(28)31-26)17-6-3-7-18-29/h8-10,13-16,19,24-25H,3-7,11-12,17-18H2,1-2H3. The van der Waals surface area contributed by atoms with E-state index in [9.17, 15) is 4.79 Å². The predicted octanol–water partition coefficient (Wildman–Crippen LogP) is 5.84. The Morgan fingerprint density at radius 2 is 1.67 bits per heavy atom. The monoisotopic (exact) mass is 486 g/mol. The molecule has 2 aromatic carbocycles. The Balaban J connectivity index is 1.51. The smallest absolute Gasteiger partial charge is 0.261 e. The molecule has 2 unspecified atom stereocenters. The molecule has 0 bridgehead atoms. The van der Waals surface area contributed by atoms with Gasteiger partial charge in [-0.15, -0.1) is 5.10 Å². The summed E-state index contributed by atoms with van der Waals surface area (Å²) in [5.74, 6) is 3.21. The summed E-state index contributed by atoms with van der Waals surface area (Å²) in [5, 5.41) is 5.15. The molecule has 1 amide bonds. The Kier molecular flexibility index (Phi) is 5.94. The maximum absolute atomic E-state index is 14.2. The van der Waals surface area contributed by atoms with Gasteiger partial charge in [-0.3, -0.25) is 9.69 Å². The van der Waals surface area contributed by atoms with Crippen molar-refractivity contribution in [3.63, 3.8) is 0 Å². The molecule has 1 aromatic heterocycles. The van der Waals surface area contributed by atoms with E-state index in [1.54, 1.807) is 14.2 Å². The lowest BCUT2D eigenvalue weighted by atomic mass is 9.64. The number of anilines is 1. The van der Waals surface area contributed by atoms with Crippen LogP contribution in [0.3, 0.4) is 0 Å². The lowest BCUT2D eigenvalue weighted by molar-refractivity contribution is 0.0314. The van der Waals surface area contributed by atoms with Gasteiger partial charge in [0, 0.05) is 23.1 Å². The number of carbonyl (C=O) groups excluding carboxylic acids is 1. The molecule has 188 valence electrons. The minimum Gasteiger partial charge on any atom is -0.497 e. The Hall–Kier alpha value is -3.35.